The molecule has 3 aromatic carbocycles. The molecule has 0 saturated carbocycles. The van der Waals surface area contributed by atoms with E-state index in [0.717, 1.165) is 10.9 Å². The number of pyridine rings is 1. The first-order valence-electron chi connectivity index (χ1n) is 10.2. The number of anilines is 2. The van der Waals surface area contributed by atoms with Crippen molar-refractivity contribution >= 4 is 45.7 Å². The lowest BCUT2D eigenvalue weighted by atomic mass is 10.1. The second-order valence-electron chi connectivity index (χ2n) is 7.37. The van der Waals surface area contributed by atoms with E-state index in [4.69, 9.17) is 21.1 Å². The fourth-order valence-electron chi connectivity index (χ4n) is 3.50. The fourth-order valence-corrected chi connectivity index (χ4v) is 3.66. The van der Waals surface area contributed by atoms with Gasteiger partial charge in [0.15, 0.2) is 11.5 Å². The van der Waals surface area contributed by atoms with Gasteiger partial charge >= 0.3 is 0 Å². The Balaban J connectivity index is 1.33. The average molecular weight is 460 g/mol. The third kappa shape index (κ3) is 4.44. The maximum absolute atomic E-state index is 12.8. The molecule has 5 rings (SSSR count). The molecule has 0 unspecified atom stereocenters. The minimum atomic E-state index is -0.325. The number of benzene rings is 3. The van der Waals surface area contributed by atoms with Gasteiger partial charge in [-0.25, -0.2) is 0 Å². The van der Waals surface area contributed by atoms with E-state index in [9.17, 15) is 9.59 Å². The number of rotatable bonds is 4. The summed E-state index contributed by atoms with van der Waals surface area (Å²) in [7, 11) is 0. The summed E-state index contributed by atoms with van der Waals surface area (Å²) in [5.41, 5.74) is 2.56. The molecule has 0 aliphatic carbocycles. The smallest absolute Gasteiger partial charge is 0.255 e. The molecular weight excluding hydrogens is 442 g/mol. The normalized spacial score (nSPS) is 12.3. The first-order chi connectivity index (χ1) is 16.1. The highest BCUT2D eigenvalue weighted by atomic mass is 35.5. The van der Waals surface area contributed by atoms with Crippen molar-refractivity contribution in [3.05, 3.63) is 89.1 Å². The van der Waals surface area contributed by atoms with Gasteiger partial charge in [-0.3, -0.25) is 14.6 Å². The van der Waals surface area contributed by atoms with Crippen LogP contribution in [0.15, 0.2) is 72.9 Å². The Bertz CT molecular complexity index is 1390. The van der Waals surface area contributed by atoms with Gasteiger partial charge in [-0.05, 0) is 60.7 Å². The van der Waals surface area contributed by atoms with E-state index >= 15 is 0 Å². The summed E-state index contributed by atoms with van der Waals surface area (Å²) in [6, 6.07) is 18.8. The molecule has 8 heteroatoms. The number of ether oxygens (including phenoxy) is 2. The number of hydrogen-bond acceptors (Lipinski definition) is 5. The highest BCUT2D eigenvalue weighted by Gasteiger charge is 2.16. The Morgan fingerprint density at radius 3 is 2.45 bits per heavy atom. The van der Waals surface area contributed by atoms with Crippen molar-refractivity contribution in [2.45, 2.75) is 0 Å². The van der Waals surface area contributed by atoms with E-state index in [2.05, 4.69) is 15.6 Å². The first-order valence-corrected chi connectivity index (χ1v) is 10.6. The van der Waals surface area contributed by atoms with Crippen LogP contribution in [0, 0.1) is 0 Å². The van der Waals surface area contributed by atoms with Crippen LogP contribution < -0.4 is 20.1 Å². The molecule has 0 radical (unpaired) electrons. The summed E-state index contributed by atoms with van der Waals surface area (Å²) in [6.07, 6.45) is 1.70. The summed E-state index contributed by atoms with van der Waals surface area (Å²) in [5, 5.41) is 6.83. The maximum Gasteiger partial charge on any atom is 0.255 e. The summed E-state index contributed by atoms with van der Waals surface area (Å²) >= 11 is 6.29. The van der Waals surface area contributed by atoms with E-state index in [0.29, 0.717) is 52.2 Å². The summed E-state index contributed by atoms with van der Waals surface area (Å²) in [4.78, 5) is 29.8. The second kappa shape index (κ2) is 8.80. The molecule has 4 aromatic rings. The zero-order chi connectivity index (χ0) is 22.8. The number of carbonyl (C=O) groups is 2. The van der Waals surface area contributed by atoms with E-state index in [1.807, 2.05) is 12.1 Å². The van der Waals surface area contributed by atoms with Gasteiger partial charge < -0.3 is 20.1 Å². The lowest BCUT2D eigenvalue weighted by molar-refractivity contribution is 0.101. The number of hydrogen-bond donors (Lipinski definition) is 2. The number of fused-ring (bicyclic) bond motifs is 2. The minimum Gasteiger partial charge on any atom is -0.486 e. The SMILES string of the molecule is O=C(Nc1ccc(Cl)c(NC(=O)c2ccc3ncccc3c2)c1)c1ccc2c(c1)OCCO2. The zero-order valence-electron chi connectivity index (χ0n) is 17.3. The van der Waals surface area contributed by atoms with E-state index < -0.39 is 0 Å². The van der Waals surface area contributed by atoms with Gasteiger partial charge in [0, 0.05) is 28.4 Å². The van der Waals surface area contributed by atoms with Crippen molar-refractivity contribution in [1.82, 2.24) is 4.98 Å². The molecule has 0 spiro atoms. The number of amides is 2. The van der Waals surface area contributed by atoms with Gasteiger partial charge in [-0.1, -0.05) is 17.7 Å². The number of aromatic nitrogens is 1. The summed E-state index contributed by atoms with van der Waals surface area (Å²) in [6.45, 7) is 0.917. The Kier molecular flexibility index (Phi) is 5.54. The van der Waals surface area contributed by atoms with Crippen molar-refractivity contribution in [3.63, 3.8) is 0 Å². The van der Waals surface area contributed by atoms with E-state index in [-0.39, 0.29) is 11.8 Å². The largest absolute Gasteiger partial charge is 0.486 e. The van der Waals surface area contributed by atoms with Crippen LogP contribution in [0.3, 0.4) is 0 Å². The lowest BCUT2D eigenvalue weighted by Gasteiger charge is -2.18. The first kappa shape index (κ1) is 20.8. The highest BCUT2D eigenvalue weighted by Crippen LogP contribution is 2.31. The van der Waals surface area contributed by atoms with Crippen LogP contribution in [-0.2, 0) is 0 Å². The zero-order valence-corrected chi connectivity index (χ0v) is 18.1. The van der Waals surface area contributed by atoms with Gasteiger partial charge in [0.2, 0.25) is 0 Å². The van der Waals surface area contributed by atoms with Crippen molar-refractivity contribution in [1.29, 1.82) is 0 Å². The molecule has 0 atom stereocenters. The molecular formula is C25H18ClN3O4. The highest BCUT2D eigenvalue weighted by molar-refractivity contribution is 6.34. The maximum atomic E-state index is 12.8. The third-order valence-corrected chi connectivity index (χ3v) is 5.47. The number of halogens is 1. The molecule has 2 N–H and O–H groups in total. The van der Waals surface area contributed by atoms with Crippen LogP contribution >= 0.6 is 11.6 Å². The van der Waals surface area contributed by atoms with Gasteiger partial charge in [-0.2, -0.15) is 0 Å². The van der Waals surface area contributed by atoms with Crippen molar-refractivity contribution in [2.75, 3.05) is 23.8 Å². The van der Waals surface area contributed by atoms with Crippen molar-refractivity contribution in [3.8, 4) is 11.5 Å². The topological polar surface area (TPSA) is 89.6 Å². The number of nitrogens with one attached hydrogen (secondary N) is 2. The Morgan fingerprint density at radius 2 is 1.58 bits per heavy atom. The Morgan fingerprint density at radius 1 is 0.818 bits per heavy atom. The van der Waals surface area contributed by atoms with Crippen molar-refractivity contribution < 1.29 is 19.1 Å². The van der Waals surface area contributed by atoms with Gasteiger partial charge in [0.1, 0.15) is 13.2 Å². The van der Waals surface area contributed by atoms with Crippen molar-refractivity contribution in [2.24, 2.45) is 0 Å². The molecule has 1 aliphatic rings. The van der Waals surface area contributed by atoms with E-state index in [1.54, 1.807) is 60.8 Å². The van der Waals surface area contributed by atoms with Gasteiger partial charge in [-0.15, -0.1) is 0 Å². The minimum absolute atomic E-state index is 0.321. The van der Waals surface area contributed by atoms with Crippen LogP contribution in [0.4, 0.5) is 11.4 Å². The van der Waals surface area contributed by atoms with Gasteiger partial charge in [0.25, 0.3) is 11.8 Å². The van der Waals surface area contributed by atoms with Crippen LogP contribution in [0.5, 0.6) is 11.5 Å². The number of carbonyl (C=O) groups excluding carboxylic acids is 2. The molecule has 164 valence electrons. The molecule has 1 aromatic heterocycles. The molecule has 0 bridgehead atoms. The quantitative estimate of drug-likeness (QED) is 0.439. The average Bonchev–Trinajstić information content (AvgIpc) is 2.85. The summed E-state index contributed by atoms with van der Waals surface area (Å²) < 4.78 is 11.0. The standard InChI is InChI=1S/C25H18ClN3O4/c26-19-6-5-18(28-24(30)17-4-8-22-23(13-17)33-11-10-32-22)14-21(19)29-25(31)16-3-7-20-15(12-16)2-1-9-27-20/h1-9,12-14H,10-11H2,(H,28,30)(H,29,31). The monoisotopic (exact) mass is 459 g/mol. The summed E-state index contributed by atoms with van der Waals surface area (Å²) in [5.74, 6) is 0.494. The third-order valence-electron chi connectivity index (χ3n) is 5.14. The number of nitrogens with zero attached hydrogens (tertiary/aromatic N) is 1. The molecule has 0 saturated heterocycles. The van der Waals surface area contributed by atoms with E-state index in [1.165, 1.54) is 0 Å². The Hall–Kier alpha value is -4.10. The fraction of sp³-hybridized carbons (Fsp3) is 0.0800. The van der Waals surface area contributed by atoms with Crippen LogP contribution in [0.25, 0.3) is 10.9 Å². The predicted molar refractivity (Wildman–Crippen MR) is 127 cm³/mol. The molecule has 33 heavy (non-hydrogen) atoms. The molecule has 2 heterocycles. The van der Waals surface area contributed by atoms with Crippen LogP contribution in [0.1, 0.15) is 20.7 Å². The molecule has 7 nitrogen and oxygen atoms in total. The molecule has 1 aliphatic heterocycles. The second-order valence-corrected chi connectivity index (χ2v) is 7.78. The van der Waals surface area contributed by atoms with Gasteiger partial charge in [0.05, 0.1) is 16.2 Å². The van der Waals surface area contributed by atoms with Crippen LogP contribution in [0.2, 0.25) is 5.02 Å². The lowest BCUT2D eigenvalue weighted by Crippen LogP contribution is -2.17. The molecule has 0 fully saturated rings. The predicted octanol–water partition coefficient (Wildman–Crippen LogP) is 5.16. The Labute approximate surface area is 194 Å². The molecule has 2 amide bonds. The van der Waals surface area contributed by atoms with Crippen LogP contribution in [-0.4, -0.2) is 30.0 Å².